The summed E-state index contributed by atoms with van der Waals surface area (Å²) in [4.78, 5) is 18.0. The average Bonchev–Trinajstić information content (AvgIpc) is 3.44. The number of fused-ring (bicyclic) bond motifs is 1. The summed E-state index contributed by atoms with van der Waals surface area (Å²) < 4.78 is 2.23. The van der Waals surface area contributed by atoms with Crippen LogP contribution in [-0.2, 0) is 11.3 Å². The largest absolute Gasteiger partial charge is 0.340 e. The summed E-state index contributed by atoms with van der Waals surface area (Å²) in [6, 6.07) is 16.0. The van der Waals surface area contributed by atoms with Gasteiger partial charge >= 0.3 is 0 Å². The minimum Gasteiger partial charge on any atom is -0.340 e. The van der Waals surface area contributed by atoms with Crippen LogP contribution in [0.2, 0.25) is 5.02 Å². The first-order valence-corrected chi connectivity index (χ1v) is 11.8. The number of allylic oxidation sites excluding steroid dienone is 1. The second-order valence-corrected chi connectivity index (χ2v) is 9.75. The molecule has 1 aliphatic rings. The van der Waals surface area contributed by atoms with Gasteiger partial charge in [-0.05, 0) is 30.7 Å². The predicted molar refractivity (Wildman–Crippen MR) is 130 cm³/mol. The van der Waals surface area contributed by atoms with Crippen LogP contribution in [-0.4, -0.2) is 20.4 Å². The van der Waals surface area contributed by atoms with E-state index in [0.29, 0.717) is 21.5 Å². The molecule has 0 aliphatic carbocycles. The number of hydrogen-bond acceptors (Lipinski definition) is 5. The van der Waals surface area contributed by atoms with Crippen molar-refractivity contribution in [2.24, 2.45) is 0 Å². The molecule has 2 aromatic heterocycles. The van der Waals surface area contributed by atoms with Gasteiger partial charge in [0.1, 0.15) is 10.9 Å². The van der Waals surface area contributed by atoms with Crippen LogP contribution in [0.5, 0.6) is 0 Å². The number of carbonyl (C=O) groups excluding carboxylic acids is 1. The maximum atomic E-state index is 13.1. The Balaban J connectivity index is 1.60. The number of nitrogens with one attached hydrogen (secondary N) is 1. The molecule has 4 aromatic rings. The molecule has 1 saturated heterocycles. The average molecular weight is 464 g/mol. The van der Waals surface area contributed by atoms with E-state index in [1.807, 2.05) is 47.9 Å². The number of halogens is 1. The zero-order valence-electron chi connectivity index (χ0n) is 16.6. The molecule has 1 N–H and O–H groups in total. The smallest absolute Gasteiger partial charge is 0.186 e. The van der Waals surface area contributed by atoms with E-state index in [2.05, 4.69) is 28.6 Å². The van der Waals surface area contributed by atoms with Gasteiger partial charge in [-0.3, -0.25) is 10.2 Å². The van der Waals surface area contributed by atoms with Gasteiger partial charge in [0, 0.05) is 45.3 Å². The number of Topliss-reactive ketones (excluding diaryl/α,β-unsaturated/α-hetero) is 1. The van der Waals surface area contributed by atoms with Crippen molar-refractivity contribution < 1.29 is 4.79 Å². The number of thioether (sulfide) groups is 1. The molecule has 0 saturated carbocycles. The van der Waals surface area contributed by atoms with Gasteiger partial charge in [0.2, 0.25) is 0 Å². The molecule has 0 bridgehead atoms. The van der Waals surface area contributed by atoms with Crippen molar-refractivity contribution in [3.05, 3.63) is 91.9 Å². The van der Waals surface area contributed by atoms with E-state index < -0.39 is 5.92 Å². The first kappa shape index (κ1) is 20.2. The molecule has 31 heavy (non-hydrogen) atoms. The van der Waals surface area contributed by atoms with Crippen molar-refractivity contribution in [1.82, 2.24) is 9.55 Å². The van der Waals surface area contributed by atoms with E-state index in [9.17, 15) is 4.79 Å². The molecule has 3 heterocycles. The summed E-state index contributed by atoms with van der Waals surface area (Å²) >= 11 is 9.08. The summed E-state index contributed by atoms with van der Waals surface area (Å²) in [6.45, 7) is 2.71. The summed E-state index contributed by atoms with van der Waals surface area (Å²) in [5.74, 6) is -0.625. The number of nitrogens with zero attached hydrogens (tertiary/aromatic N) is 2. The topological polar surface area (TPSA) is 58.7 Å². The van der Waals surface area contributed by atoms with Crippen LogP contribution in [0.1, 0.15) is 27.7 Å². The number of carbonyl (C=O) groups is 1. The quantitative estimate of drug-likeness (QED) is 0.350. The van der Waals surface area contributed by atoms with E-state index in [-0.39, 0.29) is 5.78 Å². The molecule has 0 radical (unpaired) electrons. The molecule has 7 heteroatoms. The van der Waals surface area contributed by atoms with Gasteiger partial charge < -0.3 is 4.57 Å². The van der Waals surface area contributed by atoms with E-state index in [1.54, 1.807) is 6.20 Å². The van der Waals surface area contributed by atoms with Gasteiger partial charge in [-0.2, -0.15) is 0 Å². The zero-order valence-corrected chi connectivity index (χ0v) is 19.0. The highest BCUT2D eigenvalue weighted by molar-refractivity contribution is 8.19. The molecule has 154 valence electrons. The maximum Gasteiger partial charge on any atom is 0.186 e. The Morgan fingerprint density at radius 3 is 2.74 bits per heavy atom. The molecule has 0 spiro atoms. The highest BCUT2D eigenvalue weighted by Crippen LogP contribution is 2.42. The lowest BCUT2D eigenvalue weighted by Crippen LogP contribution is -2.11. The minimum absolute atomic E-state index is 0.0488. The Kier molecular flexibility index (Phi) is 5.30. The van der Waals surface area contributed by atoms with Crippen molar-refractivity contribution in [2.75, 3.05) is 0 Å². The summed E-state index contributed by atoms with van der Waals surface area (Å²) in [5.41, 5.74) is 4.20. The van der Waals surface area contributed by atoms with Crippen LogP contribution in [0, 0.1) is 12.3 Å². The minimum atomic E-state index is -0.576. The lowest BCUT2D eigenvalue weighted by Gasteiger charge is -2.10. The fourth-order valence-electron chi connectivity index (χ4n) is 3.96. The number of benzene rings is 2. The van der Waals surface area contributed by atoms with Gasteiger partial charge in [0.05, 0.1) is 9.95 Å². The second-order valence-electron chi connectivity index (χ2n) is 7.34. The van der Waals surface area contributed by atoms with Crippen LogP contribution in [0.15, 0.2) is 65.0 Å². The number of para-hydroxylation sites is 1. The molecular weight excluding hydrogens is 446 g/mol. The van der Waals surface area contributed by atoms with E-state index in [0.717, 1.165) is 32.7 Å². The van der Waals surface area contributed by atoms with Gasteiger partial charge in [-0.15, -0.1) is 11.3 Å². The van der Waals surface area contributed by atoms with Gasteiger partial charge in [-0.25, -0.2) is 4.98 Å². The number of thiazole rings is 1. The molecule has 2 aromatic carbocycles. The Labute approximate surface area is 193 Å². The van der Waals surface area contributed by atoms with Crippen molar-refractivity contribution in [3.63, 3.8) is 0 Å². The Hall–Kier alpha value is -2.67. The molecule has 1 aliphatic heterocycles. The Morgan fingerprint density at radius 2 is 1.97 bits per heavy atom. The van der Waals surface area contributed by atoms with Gasteiger partial charge in [-0.1, -0.05) is 59.8 Å². The van der Waals surface area contributed by atoms with E-state index in [1.165, 1.54) is 23.1 Å². The third kappa shape index (κ3) is 3.55. The second kappa shape index (κ2) is 8.11. The van der Waals surface area contributed by atoms with E-state index in [4.69, 9.17) is 17.0 Å². The van der Waals surface area contributed by atoms with Gasteiger partial charge in [0.25, 0.3) is 0 Å². The van der Waals surface area contributed by atoms with Crippen molar-refractivity contribution in [3.8, 4) is 0 Å². The fourth-order valence-corrected chi connectivity index (χ4v) is 5.95. The zero-order chi connectivity index (χ0) is 21.5. The Morgan fingerprint density at radius 1 is 1.19 bits per heavy atom. The monoisotopic (exact) mass is 463 g/mol. The third-order valence-corrected chi connectivity index (χ3v) is 7.73. The lowest BCUT2D eigenvalue weighted by molar-refractivity contribution is -0.114. The fraction of sp³-hybridized carbons (Fsp3) is 0.125. The number of ketones is 1. The SMILES string of the molecule is Cc1c(/C=C2\SC(=N)[C@@H](c3nccs3)C2=O)c2ccccc2n1Cc1ccccc1Cl. The molecule has 0 amide bonds. The maximum absolute atomic E-state index is 13.1. The van der Waals surface area contributed by atoms with E-state index >= 15 is 0 Å². The molecular formula is C24H18ClN3OS2. The first-order valence-electron chi connectivity index (χ1n) is 9.77. The Bertz CT molecular complexity index is 1350. The van der Waals surface area contributed by atoms with Crippen molar-refractivity contribution in [2.45, 2.75) is 19.4 Å². The molecule has 1 atom stereocenters. The van der Waals surface area contributed by atoms with Crippen LogP contribution < -0.4 is 0 Å². The number of hydrogen-bond donors (Lipinski definition) is 1. The number of rotatable bonds is 4. The first-order chi connectivity index (χ1) is 15.0. The number of aromatic nitrogens is 2. The summed E-state index contributed by atoms with van der Waals surface area (Å²) in [7, 11) is 0. The summed E-state index contributed by atoms with van der Waals surface area (Å²) in [6.07, 6.45) is 3.62. The molecule has 5 rings (SSSR count). The van der Waals surface area contributed by atoms with Crippen molar-refractivity contribution in [1.29, 1.82) is 5.41 Å². The standard InChI is InChI=1S/C24H18ClN3OS2/c1-14-17(12-20-22(29)21(23(26)31-20)24-27-10-11-30-24)16-7-3-5-9-19(16)28(14)13-15-6-2-4-8-18(15)25/h2-12,21,26H,13H2,1H3/b20-12-,26-23?/t21-/m0/s1. The molecule has 0 unspecified atom stereocenters. The predicted octanol–water partition coefficient (Wildman–Crippen LogP) is 6.53. The van der Waals surface area contributed by atoms with Gasteiger partial charge in [0.15, 0.2) is 5.78 Å². The van der Waals surface area contributed by atoms with Crippen molar-refractivity contribution >= 4 is 62.5 Å². The van der Waals surface area contributed by atoms with Crippen LogP contribution >= 0.6 is 34.7 Å². The van der Waals surface area contributed by atoms with Crippen LogP contribution in [0.3, 0.4) is 0 Å². The highest BCUT2D eigenvalue weighted by atomic mass is 35.5. The van der Waals surface area contributed by atoms with Crippen LogP contribution in [0.25, 0.3) is 17.0 Å². The highest BCUT2D eigenvalue weighted by Gasteiger charge is 2.38. The van der Waals surface area contributed by atoms with Crippen LogP contribution in [0.4, 0.5) is 0 Å². The third-order valence-electron chi connectivity index (χ3n) is 5.53. The summed E-state index contributed by atoms with van der Waals surface area (Å²) in [5, 5.41) is 13.0. The molecule has 1 fully saturated rings. The molecule has 4 nitrogen and oxygen atoms in total. The normalized spacial score (nSPS) is 17.9. The lowest BCUT2D eigenvalue weighted by atomic mass is 10.0.